The van der Waals surface area contributed by atoms with Crippen LogP contribution in [0.2, 0.25) is 0 Å². The molecule has 0 aromatic heterocycles. The molecule has 6 heteroatoms. The van der Waals surface area contributed by atoms with Gasteiger partial charge in [0.05, 0.1) is 20.3 Å². The van der Waals surface area contributed by atoms with Crippen molar-refractivity contribution >= 4 is 6.03 Å². The SMILES string of the molecule is COc1ccc(CCNC(=O)NCCN2CCOCC2)cc1. The number of hydrogen-bond donors (Lipinski definition) is 2. The van der Waals surface area contributed by atoms with Crippen LogP contribution in [0.4, 0.5) is 4.79 Å². The number of rotatable bonds is 7. The lowest BCUT2D eigenvalue weighted by Gasteiger charge is -2.26. The van der Waals surface area contributed by atoms with E-state index in [-0.39, 0.29) is 6.03 Å². The highest BCUT2D eigenvalue weighted by Gasteiger charge is 2.09. The molecule has 2 amide bonds. The Morgan fingerprint density at radius 1 is 1.18 bits per heavy atom. The molecule has 1 fully saturated rings. The van der Waals surface area contributed by atoms with E-state index in [4.69, 9.17) is 9.47 Å². The van der Waals surface area contributed by atoms with E-state index in [1.165, 1.54) is 5.56 Å². The molecule has 2 rings (SSSR count). The Balaban J connectivity index is 1.55. The van der Waals surface area contributed by atoms with Crippen LogP contribution >= 0.6 is 0 Å². The third-order valence-corrected chi connectivity index (χ3v) is 3.68. The number of ether oxygens (including phenoxy) is 2. The molecule has 0 radical (unpaired) electrons. The van der Waals surface area contributed by atoms with E-state index < -0.39 is 0 Å². The Morgan fingerprint density at radius 2 is 1.86 bits per heavy atom. The van der Waals surface area contributed by atoms with Gasteiger partial charge in [0.15, 0.2) is 0 Å². The van der Waals surface area contributed by atoms with Gasteiger partial charge in [0, 0.05) is 32.7 Å². The number of urea groups is 1. The molecule has 0 saturated carbocycles. The van der Waals surface area contributed by atoms with Gasteiger partial charge in [0.2, 0.25) is 0 Å². The van der Waals surface area contributed by atoms with Crippen molar-refractivity contribution < 1.29 is 14.3 Å². The lowest BCUT2D eigenvalue weighted by Crippen LogP contribution is -2.44. The van der Waals surface area contributed by atoms with Gasteiger partial charge >= 0.3 is 6.03 Å². The zero-order valence-corrected chi connectivity index (χ0v) is 13.1. The second-order valence-corrected chi connectivity index (χ2v) is 5.23. The number of amides is 2. The molecule has 6 nitrogen and oxygen atoms in total. The third kappa shape index (κ3) is 5.91. The second-order valence-electron chi connectivity index (χ2n) is 5.23. The molecule has 0 bridgehead atoms. The minimum atomic E-state index is -0.109. The molecule has 0 spiro atoms. The molecule has 1 saturated heterocycles. The molecule has 22 heavy (non-hydrogen) atoms. The van der Waals surface area contributed by atoms with Crippen molar-refractivity contribution in [2.24, 2.45) is 0 Å². The number of methoxy groups -OCH3 is 1. The van der Waals surface area contributed by atoms with Crippen molar-refractivity contribution in [3.05, 3.63) is 29.8 Å². The molecule has 1 heterocycles. The highest BCUT2D eigenvalue weighted by molar-refractivity contribution is 5.73. The van der Waals surface area contributed by atoms with Gasteiger partial charge in [-0.05, 0) is 24.1 Å². The van der Waals surface area contributed by atoms with Crippen LogP contribution in [0.3, 0.4) is 0 Å². The predicted octanol–water partition coefficient (Wildman–Crippen LogP) is 0.869. The van der Waals surface area contributed by atoms with E-state index in [2.05, 4.69) is 15.5 Å². The predicted molar refractivity (Wildman–Crippen MR) is 85.4 cm³/mol. The molecule has 1 aliphatic rings. The summed E-state index contributed by atoms with van der Waals surface area (Å²) in [4.78, 5) is 14.0. The summed E-state index contributed by atoms with van der Waals surface area (Å²) in [5.41, 5.74) is 1.18. The number of morpholine rings is 1. The maximum absolute atomic E-state index is 11.7. The van der Waals surface area contributed by atoms with E-state index in [0.717, 1.165) is 45.0 Å². The van der Waals surface area contributed by atoms with E-state index in [0.29, 0.717) is 13.1 Å². The monoisotopic (exact) mass is 307 g/mol. The van der Waals surface area contributed by atoms with Crippen molar-refractivity contribution in [1.29, 1.82) is 0 Å². The Labute approximate surface area is 131 Å². The van der Waals surface area contributed by atoms with E-state index in [9.17, 15) is 4.79 Å². The summed E-state index contributed by atoms with van der Waals surface area (Å²) in [6, 6.07) is 7.77. The number of carbonyl (C=O) groups excluding carboxylic acids is 1. The number of nitrogens with zero attached hydrogens (tertiary/aromatic N) is 1. The molecule has 1 aromatic rings. The largest absolute Gasteiger partial charge is 0.497 e. The molecule has 122 valence electrons. The van der Waals surface area contributed by atoms with Crippen LogP contribution in [0, 0.1) is 0 Å². The molecular weight excluding hydrogens is 282 g/mol. The first kappa shape index (κ1) is 16.6. The third-order valence-electron chi connectivity index (χ3n) is 3.68. The molecule has 0 aliphatic carbocycles. The highest BCUT2D eigenvalue weighted by Crippen LogP contribution is 2.11. The Bertz CT molecular complexity index is 444. The Morgan fingerprint density at radius 3 is 2.55 bits per heavy atom. The Kier molecular flexibility index (Phi) is 6.99. The number of nitrogens with one attached hydrogen (secondary N) is 2. The summed E-state index contributed by atoms with van der Waals surface area (Å²) >= 11 is 0. The van der Waals surface area contributed by atoms with Gasteiger partial charge in [-0.3, -0.25) is 4.90 Å². The lowest BCUT2D eigenvalue weighted by molar-refractivity contribution is 0.0387. The van der Waals surface area contributed by atoms with Crippen molar-refractivity contribution in [2.45, 2.75) is 6.42 Å². The van der Waals surface area contributed by atoms with E-state index in [1.807, 2.05) is 24.3 Å². The molecule has 0 unspecified atom stereocenters. The molecule has 0 atom stereocenters. The lowest BCUT2D eigenvalue weighted by atomic mass is 10.1. The van der Waals surface area contributed by atoms with Gasteiger partial charge in [-0.2, -0.15) is 0 Å². The summed E-state index contributed by atoms with van der Waals surface area (Å²) in [6.07, 6.45) is 0.806. The van der Waals surface area contributed by atoms with Gasteiger partial charge in [-0.15, -0.1) is 0 Å². The van der Waals surface area contributed by atoms with Crippen LogP contribution in [0.1, 0.15) is 5.56 Å². The molecule has 1 aliphatic heterocycles. The molecular formula is C16H25N3O3. The summed E-state index contributed by atoms with van der Waals surface area (Å²) in [6.45, 7) is 5.61. The van der Waals surface area contributed by atoms with Crippen LogP contribution in [-0.4, -0.2) is 64.0 Å². The minimum Gasteiger partial charge on any atom is -0.497 e. The average molecular weight is 307 g/mol. The van der Waals surface area contributed by atoms with Gasteiger partial charge in [0.25, 0.3) is 0 Å². The van der Waals surface area contributed by atoms with Crippen molar-refractivity contribution in [1.82, 2.24) is 15.5 Å². The van der Waals surface area contributed by atoms with Crippen LogP contribution in [0.15, 0.2) is 24.3 Å². The summed E-state index contributed by atoms with van der Waals surface area (Å²) in [5.74, 6) is 0.845. The van der Waals surface area contributed by atoms with E-state index in [1.54, 1.807) is 7.11 Å². The van der Waals surface area contributed by atoms with Crippen LogP contribution in [0.5, 0.6) is 5.75 Å². The fraction of sp³-hybridized carbons (Fsp3) is 0.562. The van der Waals surface area contributed by atoms with Gasteiger partial charge in [-0.25, -0.2) is 4.79 Å². The average Bonchev–Trinajstić information content (AvgIpc) is 2.56. The molecule has 2 N–H and O–H groups in total. The number of carbonyl (C=O) groups is 1. The first-order chi connectivity index (χ1) is 10.8. The quantitative estimate of drug-likeness (QED) is 0.784. The maximum Gasteiger partial charge on any atom is 0.314 e. The van der Waals surface area contributed by atoms with Crippen molar-refractivity contribution in [2.75, 3.05) is 53.0 Å². The molecule has 1 aromatic carbocycles. The highest BCUT2D eigenvalue weighted by atomic mass is 16.5. The fourth-order valence-electron chi connectivity index (χ4n) is 2.33. The van der Waals surface area contributed by atoms with Gasteiger partial charge in [0.1, 0.15) is 5.75 Å². The first-order valence-corrected chi connectivity index (χ1v) is 7.72. The van der Waals surface area contributed by atoms with Crippen molar-refractivity contribution in [3.63, 3.8) is 0 Å². The summed E-state index contributed by atoms with van der Waals surface area (Å²) < 4.78 is 10.4. The second kappa shape index (κ2) is 9.27. The zero-order chi connectivity index (χ0) is 15.6. The number of benzene rings is 1. The van der Waals surface area contributed by atoms with Gasteiger partial charge in [-0.1, -0.05) is 12.1 Å². The minimum absolute atomic E-state index is 0.109. The summed E-state index contributed by atoms with van der Waals surface area (Å²) in [5, 5.41) is 5.75. The fourth-order valence-corrected chi connectivity index (χ4v) is 2.33. The van der Waals surface area contributed by atoms with Crippen LogP contribution in [-0.2, 0) is 11.2 Å². The first-order valence-electron chi connectivity index (χ1n) is 7.72. The maximum atomic E-state index is 11.7. The van der Waals surface area contributed by atoms with Crippen molar-refractivity contribution in [3.8, 4) is 5.75 Å². The van der Waals surface area contributed by atoms with Crippen LogP contribution < -0.4 is 15.4 Å². The Hall–Kier alpha value is -1.79. The smallest absolute Gasteiger partial charge is 0.314 e. The number of hydrogen-bond acceptors (Lipinski definition) is 4. The van der Waals surface area contributed by atoms with E-state index >= 15 is 0 Å². The normalized spacial score (nSPS) is 15.3. The van der Waals surface area contributed by atoms with Gasteiger partial charge < -0.3 is 20.1 Å². The zero-order valence-electron chi connectivity index (χ0n) is 13.1. The van der Waals surface area contributed by atoms with Crippen LogP contribution in [0.25, 0.3) is 0 Å². The topological polar surface area (TPSA) is 62.8 Å². The standard InChI is InChI=1S/C16H25N3O3/c1-21-15-4-2-14(3-5-15)6-7-17-16(20)18-8-9-19-10-12-22-13-11-19/h2-5H,6-13H2,1H3,(H2,17,18,20). The summed E-state index contributed by atoms with van der Waals surface area (Å²) in [7, 11) is 1.65.